The van der Waals surface area contributed by atoms with Crippen LogP contribution in [-0.2, 0) is 0 Å². The van der Waals surface area contributed by atoms with Gasteiger partial charge in [-0.15, -0.1) is 0 Å². The van der Waals surface area contributed by atoms with Gasteiger partial charge in [0.05, 0.1) is 25.0 Å². The highest BCUT2D eigenvalue weighted by Crippen LogP contribution is 2.24. The van der Waals surface area contributed by atoms with Gasteiger partial charge in [-0.1, -0.05) is 0 Å². The monoisotopic (exact) mass is 247 g/mol. The first-order valence-electron chi connectivity index (χ1n) is 5.56. The number of ether oxygens (including phenoxy) is 1. The fraction of sp³-hybridized carbons (Fsp3) is 0.231. The number of anilines is 1. The van der Waals surface area contributed by atoms with Crippen molar-refractivity contribution in [1.82, 2.24) is 9.97 Å². The van der Waals surface area contributed by atoms with Crippen molar-refractivity contribution in [2.45, 2.75) is 13.0 Å². The lowest BCUT2D eigenvalue weighted by Gasteiger charge is -2.15. The Morgan fingerprint density at radius 2 is 2.17 bits per heavy atom. The number of halogens is 1. The van der Waals surface area contributed by atoms with E-state index in [2.05, 4.69) is 15.3 Å². The molecule has 0 amide bonds. The second-order valence-corrected chi connectivity index (χ2v) is 3.85. The van der Waals surface area contributed by atoms with E-state index in [0.29, 0.717) is 0 Å². The number of hydrogen-bond donors (Lipinski definition) is 1. The first-order valence-corrected chi connectivity index (χ1v) is 5.56. The Bertz CT molecular complexity index is 519. The third-order valence-electron chi connectivity index (χ3n) is 2.56. The third kappa shape index (κ3) is 2.74. The molecule has 0 radical (unpaired) electrons. The molecule has 1 unspecified atom stereocenters. The number of nitrogens with zero attached hydrogens (tertiary/aromatic N) is 2. The minimum atomic E-state index is -0.379. The van der Waals surface area contributed by atoms with E-state index in [4.69, 9.17) is 4.74 Å². The van der Waals surface area contributed by atoms with Crippen molar-refractivity contribution in [3.8, 4) is 5.75 Å². The van der Waals surface area contributed by atoms with Gasteiger partial charge in [0.25, 0.3) is 0 Å². The van der Waals surface area contributed by atoms with Crippen molar-refractivity contribution in [2.24, 2.45) is 0 Å². The maximum atomic E-state index is 13.3. The summed E-state index contributed by atoms with van der Waals surface area (Å²) in [5, 5.41) is 3.21. The van der Waals surface area contributed by atoms with Crippen molar-refractivity contribution < 1.29 is 9.13 Å². The molecule has 0 spiro atoms. The number of methoxy groups -OCH3 is 1. The SMILES string of the molecule is COc1cc(NC(C)c2cnccn2)ccc1F. The topological polar surface area (TPSA) is 47.0 Å². The first kappa shape index (κ1) is 12.3. The van der Waals surface area contributed by atoms with Gasteiger partial charge in [-0.2, -0.15) is 0 Å². The molecule has 1 heterocycles. The van der Waals surface area contributed by atoms with Crippen LogP contribution in [0.15, 0.2) is 36.8 Å². The zero-order valence-electron chi connectivity index (χ0n) is 10.2. The fourth-order valence-electron chi connectivity index (χ4n) is 1.61. The van der Waals surface area contributed by atoms with Crippen molar-refractivity contribution in [3.63, 3.8) is 0 Å². The Hall–Kier alpha value is -2.17. The van der Waals surface area contributed by atoms with Crippen LogP contribution in [0.2, 0.25) is 0 Å². The lowest BCUT2D eigenvalue weighted by molar-refractivity contribution is 0.387. The summed E-state index contributed by atoms with van der Waals surface area (Å²) in [6, 6.07) is 4.62. The summed E-state index contributed by atoms with van der Waals surface area (Å²) in [7, 11) is 1.44. The molecule has 4 nitrogen and oxygen atoms in total. The van der Waals surface area contributed by atoms with Crippen LogP contribution in [-0.4, -0.2) is 17.1 Å². The van der Waals surface area contributed by atoms with Gasteiger partial charge >= 0.3 is 0 Å². The highest BCUT2D eigenvalue weighted by atomic mass is 19.1. The fourth-order valence-corrected chi connectivity index (χ4v) is 1.61. The predicted molar refractivity (Wildman–Crippen MR) is 67.0 cm³/mol. The molecule has 0 fully saturated rings. The maximum Gasteiger partial charge on any atom is 0.165 e. The van der Waals surface area contributed by atoms with E-state index in [1.165, 1.54) is 13.2 Å². The Kier molecular flexibility index (Phi) is 3.72. The number of hydrogen-bond acceptors (Lipinski definition) is 4. The van der Waals surface area contributed by atoms with Crippen molar-refractivity contribution in [3.05, 3.63) is 48.3 Å². The van der Waals surface area contributed by atoms with E-state index in [9.17, 15) is 4.39 Å². The molecule has 0 aliphatic heterocycles. The van der Waals surface area contributed by atoms with Gasteiger partial charge in [-0.3, -0.25) is 9.97 Å². The first-order chi connectivity index (χ1) is 8.70. The highest BCUT2D eigenvalue weighted by molar-refractivity contribution is 5.49. The van der Waals surface area contributed by atoms with Crippen LogP contribution in [0.25, 0.3) is 0 Å². The van der Waals surface area contributed by atoms with Gasteiger partial charge in [0.1, 0.15) is 0 Å². The zero-order valence-corrected chi connectivity index (χ0v) is 10.2. The Morgan fingerprint density at radius 1 is 1.33 bits per heavy atom. The molecule has 94 valence electrons. The van der Waals surface area contributed by atoms with E-state index in [1.807, 2.05) is 6.92 Å². The highest BCUT2D eigenvalue weighted by Gasteiger charge is 2.08. The average Bonchev–Trinajstić information content (AvgIpc) is 2.42. The summed E-state index contributed by atoms with van der Waals surface area (Å²) in [6.07, 6.45) is 4.95. The molecule has 1 aromatic heterocycles. The minimum Gasteiger partial charge on any atom is -0.494 e. The molecule has 0 saturated carbocycles. The number of rotatable bonds is 4. The van der Waals surface area contributed by atoms with Crippen LogP contribution in [0.4, 0.5) is 10.1 Å². The molecular formula is C13H14FN3O. The molecule has 0 aliphatic rings. The maximum absolute atomic E-state index is 13.3. The Balaban J connectivity index is 2.14. The molecule has 2 rings (SSSR count). The van der Waals surface area contributed by atoms with Gasteiger partial charge < -0.3 is 10.1 Å². The van der Waals surface area contributed by atoms with Gasteiger partial charge in [0, 0.05) is 24.1 Å². The van der Waals surface area contributed by atoms with Crippen LogP contribution in [0.3, 0.4) is 0 Å². The molecule has 0 saturated heterocycles. The standard InChI is InChI=1S/C13H14FN3O/c1-9(12-8-15-5-6-16-12)17-10-3-4-11(14)13(7-10)18-2/h3-9,17H,1-2H3. The molecule has 18 heavy (non-hydrogen) atoms. The molecule has 2 aromatic rings. The van der Waals surface area contributed by atoms with Gasteiger partial charge in [-0.05, 0) is 19.1 Å². The average molecular weight is 247 g/mol. The van der Waals surface area contributed by atoms with E-state index < -0.39 is 0 Å². The number of benzene rings is 1. The lowest BCUT2D eigenvalue weighted by atomic mass is 10.2. The van der Waals surface area contributed by atoms with Gasteiger partial charge in [0.2, 0.25) is 0 Å². The lowest BCUT2D eigenvalue weighted by Crippen LogP contribution is -2.08. The molecule has 5 heteroatoms. The summed E-state index contributed by atoms with van der Waals surface area (Å²) >= 11 is 0. The second-order valence-electron chi connectivity index (χ2n) is 3.85. The zero-order chi connectivity index (χ0) is 13.0. The molecular weight excluding hydrogens is 233 g/mol. The summed E-state index contributed by atoms with van der Waals surface area (Å²) in [5.74, 6) is -0.165. The van der Waals surface area contributed by atoms with Crippen LogP contribution in [0.5, 0.6) is 5.75 Å². The van der Waals surface area contributed by atoms with Gasteiger partial charge in [-0.25, -0.2) is 4.39 Å². The van der Waals surface area contributed by atoms with Crippen molar-refractivity contribution >= 4 is 5.69 Å². The Morgan fingerprint density at radius 3 is 2.83 bits per heavy atom. The molecule has 1 aromatic carbocycles. The van der Waals surface area contributed by atoms with E-state index >= 15 is 0 Å². The van der Waals surface area contributed by atoms with Crippen LogP contribution in [0, 0.1) is 5.82 Å². The normalized spacial score (nSPS) is 11.9. The van der Waals surface area contributed by atoms with E-state index in [0.717, 1.165) is 11.4 Å². The molecule has 1 atom stereocenters. The minimum absolute atomic E-state index is 0.0196. The largest absolute Gasteiger partial charge is 0.494 e. The third-order valence-corrected chi connectivity index (χ3v) is 2.56. The molecule has 0 bridgehead atoms. The van der Waals surface area contributed by atoms with Crippen molar-refractivity contribution in [1.29, 1.82) is 0 Å². The van der Waals surface area contributed by atoms with Crippen molar-refractivity contribution in [2.75, 3.05) is 12.4 Å². The summed E-state index contributed by atoms with van der Waals surface area (Å²) < 4.78 is 18.2. The summed E-state index contributed by atoms with van der Waals surface area (Å²) in [5.41, 5.74) is 1.59. The molecule has 0 aliphatic carbocycles. The second kappa shape index (κ2) is 5.44. The molecule has 1 N–H and O–H groups in total. The predicted octanol–water partition coefficient (Wildman–Crippen LogP) is 2.80. The summed E-state index contributed by atoms with van der Waals surface area (Å²) in [6.45, 7) is 1.96. The smallest absolute Gasteiger partial charge is 0.165 e. The van der Waals surface area contributed by atoms with Gasteiger partial charge in [0.15, 0.2) is 11.6 Å². The van der Waals surface area contributed by atoms with Crippen LogP contribution >= 0.6 is 0 Å². The van der Waals surface area contributed by atoms with Crippen LogP contribution < -0.4 is 10.1 Å². The quantitative estimate of drug-likeness (QED) is 0.902. The Labute approximate surface area is 105 Å². The summed E-state index contributed by atoms with van der Waals surface area (Å²) in [4.78, 5) is 8.21. The van der Waals surface area contributed by atoms with Crippen LogP contribution in [0.1, 0.15) is 18.7 Å². The number of nitrogens with one attached hydrogen (secondary N) is 1. The van der Waals surface area contributed by atoms with E-state index in [1.54, 1.807) is 30.7 Å². The number of aromatic nitrogens is 2. The van der Waals surface area contributed by atoms with E-state index in [-0.39, 0.29) is 17.6 Å².